The number of methoxy groups -OCH3 is 1. The molecule has 0 atom stereocenters. The Balaban J connectivity index is 1.77. The Bertz CT molecular complexity index is 1070. The number of cyclic esters (lactones) is 1. The second-order valence-corrected chi connectivity index (χ2v) is 7.41. The number of hydrogen-bond donors (Lipinski definition) is 0. The molecule has 0 aromatic heterocycles. The first-order valence-electron chi connectivity index (χ1n) is 10.5. The molecule has 0 spiro atoms. The minimum Gasteiger partial charge on any atom is -0.493 e. The van der Waals surface area contributed by atoms with E-state index in [0.29, 0.717) is 34.8 Å². The largest absolute Gasteiger partial charge is 0.493 e. The first-order valence-corrected chi connectivity index (χ1v) is 10.5. The molecule has 1 heterocycles. The van der Waals surface area contributed by atoms with E-state index < -0.39 is 10.9 Å². The van der Waals surface area contributed by atoms with Crippen molar-refractivity contribution < 1.29 is 23.9 Å². The van der Waals surface area contributed by atoms with Gasteiger partial charge in [0.05, 0.1) is 18.6 Å². The maximum Gasteiger partial charge on any atom is 0.363 e. The number of rotatable bonds is 10. The maximum atomic E-state index is 12.3. The predicted octanol–water partition coefficient (Wildman–Crippen LogP) is 5.22. The van der Waals surface area contributed by atoms with Crippen molar-refractivity contribution in [2.45, 2.75) is 39.5 Å². The first kappa shape index (κ1) is 23.0. The lowest BCUT2D eigenvalue weighted by Gasteiger charge is -2.11. The zero-order chi connectivity index (χ0) is 23.1. The Hall–Kier alpha value is -3.68. The fraction of sp³-hybridized carbons (Fsp3) is 0.333. The van der Waals surface area contributed by atoms with Gasteiger partial charge < -0.3 is 14.2 Å². The fourth-order valence-corrected chi connectivity index (χ4v) is 3.29. The van der Waals surface area contributed by atoms with Crippen LogP contribution in [0.15, 0.2) is 47.1 Å². The minimum absolute atomic E-state index is 0.00536. The van der Waals surface area contributed by atoms with E-state index in [0.717, 1.165) is 12.8 Å². The molecule has 8 heteroatoms. The van der Waals surface area contributed by atoms with Crippen molar-refractivity contribution in [2.24, 2.45) is 4.99 Å². The Morgan fingerprint density at radius 1 is 1.12 bits per heavy atom. The second-order valence-electron chi connectivity index (χ2n) is 7.41. The average molecular weight is 438 g/mol. The van der Waals surface area contributed by atoms with Gasteiger partial charge in [-0.15, -0.1) is 0 Å². The molecule has 2 aromatic rings. The van der Waals surface area contributed by atoms with Crippen molar-refractivity contribution in [1.82, 2.24) is 0 Å². The zero-order valence-corrected chi connectivity index (χ0v) is 18.4. The van der Waals surface area contributed by atoms with Gasteiger partial charge in [0.15, 0.2) is 17.2 Å². The molecule has 0 bridgehead atoms. The van der Waals surface area contributed by atoms with Crippen LogP contribution in [0.2, 0.25) is 0 Å². The Morgan fingerprint density at radius 2 is 1.94 bits per heavy atom. The number of esters is 1. The molecule has 0 amide bonds. The Kier molecular flexibility index (Phi) is 7.59. The van der Waals surface area contributed by atoms with Crippen LogP contribution >= 0.6 is 0 Å². The van der Waals surface area contributed by atoms with Crippen LogP contribution in [0.25, 0.3) is 6.08 Å². The van der Waals surface area contributed by atoms with Gasteiger partial charge in [0, 0.05) is 17.2 Å². The number of aliphatic imine (C=N–C) groups is 1. The van der Waals surface area contributed by atoms with E-state index in [2.05, 4.69) is 11.9 Å². The van der Waals surface area contributed by atoms with Gasteiger partial charge in [-0.25, -0.2) is 9.79 Å². The molecule has 0 saturated heterocycles. The average Bonchev–Trinajstić information content (AvgIpc) is 3.14. The van der Waals surface area contributed by atoms with Gasteiger partial charge in [0.25, 0.3) is 5.69 Å². The van der Waals surface area contributed by atoms with Crippen molar-refractivity contribution in [3.63, 3.8) is 0 Å². The summed E-state index contributed by atoms with van der Waals surface area (Å²) in [6.07, 6.45) is 6.06. The van der Waals surface area contributed by atoms with Gasteiger partial charge >= 0.3 is 5.97 Å². The summed E-state index contributed by atoms with van der Waals surface area (Å²) in [5.41, 5.74) is 1.78. The third-order valence-electron chi connectivity index (χ3n) is 5.01. The molecule has 3 rings (SSSR count). The fourth-order valence-electron chi connectivity index (χ4n) is 3.29. The lowest BCUT2D eigenvalue weighted by atomic mass is 10.1. The highest BCUT2D eigenvalue weighted by Gasteiger charge is 2.25. The van der Waals surface area contributed by atoms with E-state index >= 15 is 0 Å². The van der Waals surface area contributed by atoms with Crippen LogP contribution in [-0.2, 0) is 9.53 Å². The summed E-state index contributed by atoms with van der Waals surface area (Å²) in [6, 6.07) is 9.84. The van der Waals surface area contributed by atoms with Gasteiger partial charge in [-0.2, -0.15) is 0 Å². The maximum absolute atomic E-state index is 12.3. The summed E-state index contributed by atoms with van der Waals surface area (Å²) in [6.45, 7) is 4.40. The quantitative estimate of drug-likeness (QED) is 0.166. The van der Waals surface area contributed by atoms with Gasteiger partial charge in [-0.1, -0.05) is 32.3 Å². The third kappa shape index (κ3) is 5.51. The van der Waals surface area contributed by atoms with E-state index in [1.807, 2.05) is 6.07 Å². The van der Waals surface area contributed by atoms with Crippen molar-refractivity contribution in [3.8, 4) is 11.5 Å². The molecular formula is C24H26N2O6. The van der Waals surface area contributed by atoms with Crippen LogP contribution in [0.5, 0.6) is 11.5 Å². The summed E-state index contributed by atoms with van der Waals surface area (Å²) in [5, 5.41) is 11.0. The standard InChI is InChI=1S/C24H26N2O6/c1-4-5-6-7-12-31-21-11-8-17(15-22(21)30-3)14-19-24(27)32-23(25-19)18-9-10-20(26(28)29)16(2)13-18/h8-11,13-15H,4-7,12H2,1-3H3/b19-14+. The number of hydrogen-bond acceptors (Lipinski definition) is 7. The zero-order valence-electron chi connectivity index (χ0n) is 18.4. The molecule has 2 aromatic carbocycles. The molecule has 8 nitrogen and oxygen atoms in total. The van der Waals surface area contributed by atoms with Crippen molar-refractivity contribution in [2.75, 3.05) is 13.7 Å². The van der Waals surface area contributed by atoms with E-state index in [-0.39, 0.29) is 17.3 Å². The van der Waals surface area contributed by atoms with E-state index in [1.165, 1.54) is 25.0 Å². The van der Waals surface area contributed by atoms with Gasteiger partial charge in [-0.05, 0) is 49.2 Å². The number of ether oxygens (including phenoxy) is 3. The number of benzene rings is 2. The van der Waals surface area contributed by atoms with E-state index in [1.54, 1.807) is 38.3 Å². The summed E-state index contributed by atoms with van der Waals surface area (Å²) in [4.78, 5) is 27.1. The Labute approximate surface area is 186 Å². The van der Waals surface area contributed by atoms with Crippen LogP contribution in [0.4, 0.5) is 5.69 Å². The molecule has 1 aliphatic rings. The van der Waals surface area contributed by atoms with Crippen molar-refractivity contribution in [3.05, 3.63) is 68.9 Å². The van der Waals surface area contributed by atoms with Crippen molar-refractivity contribution >= 4 is 23.6 Å². The lowest BCUT2D eigenvalue weighted by Crippen LogP contribution is -2.06. The second kappa shape index (κ2) is 10.6. The molecule has 0 fully saturated rings. The smallest absolute Gasteiger partial charge is 0.363 e. The van der Waals surface area contributed by atoms with Crippen LogP contribution in [-0.4, -0.2) is 30.5 Å². The molecule has 0 aliphatic carbocycles. The number of carbonyl (C=O) groups is 1. The summed E-state index contributed by atoms with van der Waals surface area (Å²) >= 11 is 0. The molecule has 0 unspecified atom stereocenters. The molecular weight excluding hydrogens is 412 g/mol. The summed E-state index contributed by atoms with van der Waals surface area (Å²) in [7, 11) is 1.56. The van der Waals surface area contributed by atoms with Crippen LogP contribution in [0, 0.1) is 17.0 Å². The summed E-state index contributed by atoms with van der Waals surface area (Å²) < 4.78 is 16.5. The Morgan fingerprint density at radius 3 is 2.62 bits per heavy atom. The highest BCUT2D eigenvalue weighted by molar-refractivity contribution is 6.13. The van der Waals surface area contributed by atoms with Gasteiger partial charge in [-0.3, -0.25) is 10.1 Å². The summed E-state index contributed by atoms with van der Waals surface area (Å²) in [5.74, 6) is 0.728. The molecule has 168 valence electrons. The number of nitro benzene ring substituents is 1. The minimum atomic E-state index is -0.591. The lowest BCUT2D eigenvalue weighted by molar-refractivity contribution is -0.385. The molecule has 0 saturated carbocycles. The van der Waals surface area contributed by atoms with Gasteiger partial charge in [0.1, 0.15) is 0 Å². The number of unbranched alkanes of at least 4 members (excludes halogenated alkanes) is 3. The predicted molar refractivity (Wildman–Crippen MR) is 121 cm³/mol. The highest BCUT2D eigenvalue weighted by Crippen LogP contribution is 2.30. The van der Waals surface area contributed by atoms with Crippen LogP contribution in [0.3, 0.4) is 0 Å². The SMILES string of the molecule is CCCCCCOc1ccc(/C=C2/N=C(c3ccc([N+](=O)[O-])c(C)c3)OC2=O)cc1OC. The topological polar surface area (TPSA) is 100 Å². The monoisotopic (exact) mass is 438 g/mol. The molecule has 0 radical (unpaired) electrons. The normalized spacial score (nSPS) is 14.3. The number of nitro groups is 1. The van der Waals surface area contributed by atoms with Crippen molar-refractivity contribution in [1.29, 1.82) is 0 Å². The van der Waals surface area contributed by atoms with Gasteiger partial charge in [0.2, 0.25) is 5.90 Å². The number of nitrogens with zero attached hydrogens (tertiary/aromatic N) is 2. The number of aryl methyl sites for hydroxylation is 1. The highest BCUT2D eigenvalue weighted by atomic mass is 16.6. The van der Waals surface area contributed by atoms with E-state index in [4.69, 9.17) is 14.2 Å². The third-order valence-corrected chi connectivity index (χ3v) is 5.01. The first-order chi connectivity index (χ1) is 15.4. The molecule has 0 N–H and O–H groups in total. The number of carbonyl (C=O) groups excluding carboxylic acids is 1. The van der Waals surface area contributed by atoms with E-state index in [9.17, 15) is 14.9 Å². The molecule has 32 heavy (non-hydrogen) atoms. The molecule has 1 aliphatic heterocycles. The van der Waals surface area contributed by atoms with Crippen LogP contribution in [0.1, 0.15) is 49.3 Å². The van der Waals surface area contributed by atoms with Crippen LogP contribution < -0.4 is 9.47 Å².